The minimum atomic E-state index is -0.600. The summed E-state index contributed by atoms with van der Waals surface area (Å²) in [6, 6.07) is 46.6. The van der Waals surface area contributed by atoms with Crippen LogP contribution in [0, 0.1) is 0 Å². The molecule has 6 aromatic carbocycles. The van der Waals surface area contributed by atoms with E-state index in [2.05, 4.69) is 80.9 Å². The summed E-state index contributed by atoms with van der Waals surface area (Å²) in [4.78, 5) is 42.5. The normalized spacial score (nSPS) is 10.6. The number of carbonyl (C=O) groups excluding carboxylic acids is 2. The van der Waals surface area contributed by atoms with E-state index in [0.29, 0.717) is 90.6 Å². The van der Waals surface area contributed by atoms with E-state index in [-0.39, 0.29) is 30.6 Å². The lowest BCUT2D eigenvalue weighted by Gasteiger charge is -2.14. The average Bonchev–Trinajstić information content (AvgIpc) is 4.17. The number of benzene rings is 6. The van der Waals surface area contributed by atoms with E-state index in [1.165, 1.54) is 11.1 Å². The SMILES string of the molecule is CCOC(=O)c1nnc(-c2ccccc2)o1.COc1cc2nc(NCCCC(=O)c3nnc(-c4ccccc4)o3)nc(NCCc3ccccc3)c2cc1OC.COc1cc2nc(NCCN)nc(NCCc3ccccc3)c2cc1OC. The molecule has 0 saturated heterocycles. The molecule has 6 N–H and O–H groups in total. The standard InChI is InChI=1S/C30H30N6O4.C20H25N5O2.C11H10N2O3/c1-38-25-18-22-23(19-26(25)39-2)33-30(34-27(22)31-17-15-20-10-5-3-6-11-20)32-16-9-14-24(37)29-36-35-28(40-29)21-12-7-4-8-13-21;1-26-17-12-15-16(13-18(17)27-2)24-20(23-11-9-21)25-19(15)22-10-8-14-6-4-3-5-7-14;1-2-15-11(14)10-13-12-9(16-10)8-6-4-3-5-7-8/h3-8,10-13,18-19H,9,14-17H2,1-2H3,(H2,31,32,33,34);3-7,12-13H,8-11,21H2,1-2H3,(H2,22,23,24,25);3-7H,2H2,1H3. The first-order valence-electron chi connectivity index (χ1n) is 26.8. The van der Waals surface area contributed by atoms with Crippen molar-refractivity contribution < 1.29 is 42.1 Å². The molecule has 10 aromatic rings. The lowest BCUT2D eigenvalue weighted by atomic mass is 10.1. The number of rotatable bonds is 25. The molecule has 4 heterocycles. The van der Waals surface area contributed by atoms with Crippen molar-refractivity contribution in [3.8, 4) is 45.9 Å². The van der Waals surface area contributed by atoms with Crippen LogP contribution in [0.1, 0.15) is 52.3 Å². The zero-order valence-electron chi connectivity index (χ0n) is 46.8. The summed E-state index contributed by atoms with van der Waals surface area (Å²) in [7, 11) is 6.41. The molecule has 10 rings (SSSR count). The average molecular weight is 1120 g/mol. The van der Waals surface area contributed by atoms with Gasteiger partial charge in [0.05, 0.1) is 46.1 Å². The monoisotopic (exact) mass is 1120 g/mol. The van der Waals surface area contributed by atoms with Crippen LogP contribution in [-0.4, -0.2) is 120 Å². The molecule has 22 heteroatoms. The minimum Gasteiger partial charge on any atom is -0.493 e. The first-order chi connectivity index (χ1) is 40.7. The Morgan fingerprint density at radius 2 is 0.916 bits per heavy atom. The van der Waals surface area contributed by atoms with Crippen LogP contribution < -0.4 is 45.9 Å². The Balaban J connectivity index is 0.000000179. The molecule has 0 saturated carbocycles. The molecule has 0 aliphatic carbocycles. The highest BCUT2D eigenvalue weighted by Crippen LogP contribution is 2.36. The molecule has 0 fully saturated rings. The lowest BCUT2D eigenvalue weighted by Crippen LogP contribution is -2.16. The van der Waals surface area contributed by atoms with Crippen LogP contribution >= 0.6 is 0 Å². The number of nitrogens with one attached hydrogen (secondary N) is 4. The number of ketones is 1. The summed E-state index contributed by atoms with van der Waals surface area (Å²) in [5.74, 6) is 4.55. The van der Waals surface area contributed by atoms with E-state index in [0.717, 1.165) is 52.6 Å². The van der Waals surface area contributed by atoms with Crippen LogP contribution in [0.15, 0.2) is 154 Å². The maximum Gasteiger partial charge on any atom is 0.396 e. The first kappa shape index (κ1) is 58.9. The van der Waals surface area contributed by atoms with Crippen molar-refractivity contribution >= 4 is 57.1 Å². The number of hydrogen-bond acceptors (Lipinski definition) is 22. The molecule has 0 aliphatic rings. The number of methoxy groups -OCH3 is 4. The topological polar surface area (TPSA) is 284 Å². The van der Waals surface area contributed by atoms with Crippen molar-refractivity contribution in [2.45, 2.75) is 32.6 Å². The molecule has 428 valence electrons. The zero-order valence-corrected chi connectivity index (χ0v) is 46.8. The van der Waals surface area contributed by atoms with Crippen LogP contribution in [0.2, 0.25) is 0 Å². The fraction of sp³-hybridized carbons (Fsp3) is 0.246. The van der Waals surface area contributed by atoms with Gasteiger partial charge in [0.2, 0.25) is 29.5 Å². The van der Waals surface area contributed by atoms with Gasteiger partial charge < -0.3 is 59.5 Å². The second-order valence-corrected chi connectivity index (χ2v) is 18.0. The number of hydrogen-bond donors (Lipinski definition) is 5. The second kappa shape index (κ2) is 30.4. The lowest BCUT2D eigenvalue weighted by molar-refractivity contribution is 0.0481. The summed E-state index contributed by atoms with van der Waals surface area (Å²) in [6.45, 7) is 5.02. The summed E-state index contributed by atoms with van der Waals surface area (Å²) in [5, 5.41) is 30.2. The van der Waals surface area contributed by atoms with Crippen LogP contribution in [0.25, 0.3) is 44.7 Å². The molecule has 0 radical (unpaired) electrons. The Morgan fingerprint density at radius 3 is 1.36 bits per heavy atom. The van der Waals surface area contributed by atoms with Gasteiger partial charge in [-0.05, 0) is 73.7 Å². The maximum atomic E-state index is 12.6. The Kier molecular flexibility index (Phi) is 21.6. The Morgan fingerprint density at radius 1 is 0.494 bits per heavy atom. The molecule has 0 bridgehead atoms. The van der Waals surface area contributed by atoms with Crippen molar-refractivity contribution in [2.24, 2.45) is 5.73 Å². The fourth-order valence-corrected chi connectivity index (χ4v) is 8.25. The van der Waals surface area contributed by atoms with Gasteiger partial charge in [0.1, 0.15) is 11.6 Å². The smallest absolute Gasteiger partial charge is 0.396 e. The van der Waals surface area contributed by atoms with Crippen LogP contribution in [-0.2, 0) is 17.6 Å². The molecule has 4 aromatic heterocycles. The van der Waals surface area contributed by atoms with E-state index in [1.807, 2.05) is 121 Å². The number of esters is 1. The Hall–Kier alpha value is -10.2. The Bertz CT molecular complexity index is 3650. The van der Waals surface area contributed by atoms with Crippen molar-refractivity contribution in [3.05, 3.63) is 169 Å². The van der Waals surface area contributed by atoms with Gasteiger partial charge in [0.25, 0.3) is 5.89 Å². The number of nitrogens with zero attached hydrogens (tertiary/aromatic N) is 8. The first-order valence-corrected chi connectivity index (χ1v) is 26.8. The van der Waals surface area contributed by atoms with E-state index in [1.54, 1.807) is 35.4 Å². The summed E-state index contributed by atoms with van der Waals surface area (Å²) >= 11 is 0. The maximum absolute atomic E-state index is 12.6. The molecule has 83 heavy (non-hydrogen) atoms. The quantitative estimate of drug-likeness (QED) is 0.0202. The van der Waals surface area contributed by atoms with Gasteiger partial charge in [0.15, 0.2) is 23.0 Å². The van der Waals surface area contributed by atoms with Gasteiger partial charge in [-0.15, -0.1) is 20.4 Å². The number of aromatic nitrogens is 8. The third-order valence-electron chi connectivity index (χ3n) is 12.4. The fourth-order valence-electron chi connectivity index (χ4n) is 8.25. The van der Waals surface area contributed by atoms with Crippen molar-refractivity contribution in [2.75, 3.05) is 89.0 Å². The molecule has 0 atom stereocenters. The number of anilines is 4. The number of nitrogens with two attached hydrogens (primary N) is 1. The number of Topliss-reactive ketones (excluding diaryl/α,β-unsaturated/α-hetero) is 1. The summed E-state index contributed by atoms with van der Waals surface area (Å²) < 4.78 is 37.3. The third kappa shape index (κ3) is 16.4. The number of ether oxygens (including phenoxy) is 5. The van der Waals surface area contributed by atoms with Gasteiger partial charge in [0, 0.05) is 73.2 Å². The molecule has 0 unspecified atom stereocenters. The highest BCUT2D eigenvalue weighted by molar-refractivity contribution is 5.94. The summed E-state index contributed by atoms with van der Waals surface area (Å²) in [6.07, 6.45) is 2.51. The number of fused-ring (bicyclic) bond motifs is 2. The molecule has 0 amide bonds. The van der Waals surface area contributed by atoms with Crippen LogP contribution in [0.4, 0.5) is 23.5 Å². The van der Waals surface area contributed by atoms with Gasteiger partial charge in [-0.3, -0.25) is 4.79 Å². The van der Waals surface area contributed by atoms with Crippen LogP contribution in [0.3, 0.4) is 0 Å². The molecule has 0 spiro atoms. The van der Waals surface area contributed by atoms with Gasteiger partial charge >= 0.3 is 11.9 Å². The predicted octanol–water partition coefficient (Wildman–Crippen LogP) is 10.0. The van der Waals surface area contributed by atoms with E-state index < -0.39 is 5.97 Å². The van der Waals surface area contributed by atoms with Gasteiger partial charge in [-0.2, -0.15) is 9.97 Å². The Labute approximate surface area is 479 Å². The second-order valence-electron chi connectivity index (χ2n) is 18.0. The van der Waals surface area contributed by atoms with Crippen molar-refractivity contribution in [1.82, 2.24) is 40.3 Å². The van der Waals surface area contributed by atoms with Gasteiger partial charge in [-0.1, -0.05) is 97.1 Å². The molecular weight excluding hydrogens is 1060 g/mol. The third-order valence-corrected chi connectivity index (χ3v) is 12.4. The molecular formula is C61H65N13O9. The van der Waals surface area contributed by atoms with E-state index >= 15 is 0 Å². The highest BCUT2D eigenvalue weighted by atomic mass is 16.5. The van der Waals surface area contributed by atoms with E-state index in [9.17, 15) is 9.59 Å². The van der Waals surface area contributed by atoms with Crippen molar-refractivity contribution in [1.29, 1.82) is 0 Å². The molecule has 0 aliphatic heterocycles. The van der Waals surface area contributed by atoms with E-state index in [4.69, 9.17) is 43.2 Å². The largest absolute Gasteiger partial charge is 0.493 e. The molecule has 22 nitrogen and oxygen atoms in total. The minimum absolute atomic E-state index is 0.00625. The highest BCUT2D eigenvalue weighted by Gasteiger charge is 2.19. The van der Waals surface area contributed by atoms with Crippen molar-refractivity contribution in [3.63, 3.8) is 0 Å². The van der Waals surface area contributed by atoms with Gasteiger partial charge in [-0.25, -0.2) is 14.8 Å². The zero-order chi connectivity index (χ0) is 58.2. The predicted molar refractivity (Wildman–Crippen MR) is 318 cm³/mol. The summed E-state index contributed by atoms with van der Waals surface area (Å²) in [5.41, 5.74) is 11.1. The van der Waals surface area contributed by atoms with Crippen LogP contribution in [0.5, 0.6) is 23.0 Å². The number of carbonyl (C=O) groups is 2.